The predicted molar refractivity (Wildman–Crippen MR) is 61.1 cm³/mol. The summed E-state index contributed by atoms with van der Waals surface area (Å²) in [4.78, 5) is 11.1. The zero-order valence-corrected chi connectivity index (χ0v) is 9.83. The number of rotatable bonds is 10. The van der Waals surface area contributed by atoms with Crippen molar-refractivity contribution in [3.8, 4) is 0 Å². The highest BCUT2D eigenvalue weighted by atomic mass is 16.3. The molecule has 1 amide bonds. The van der Waals surface area contributed by atoms with Crippen LogP contribution in [-0.2, 0) is 4.79 Å². The molecule has 0 heterocycles. The van der Waals surface area contributed by atoms with E-state index in [9.17, 15) is 9.90 Å². The average molecular weight is 267 g/mol. The van der Waals surface area contributed by atoms with Gasteiger partial charge in [0.15, 0.2) is 0 Å². The van der Waals surface area contributed by atoms with Gasteiger partial charge in [-0.2, -0.15) is 0 Å². The van der Waals surface area contributed by atoms with Gasteiger partial charge in [-0.1, -0.05) is 0 Å². The number of nitrogens with one attached hydrogen (secondary N) is 3. The van der Waals surface area contributed by atoms with E-state index in [1.165, 1.54) is 0 Å². The van der Waals surface area contributed by atoms with Crippen molar-refractivity contribution in [3.63, 3.8) is 0 Å². The Bertz CT molecular complexity index is 237. The third-order valence-corrected chi connectivity index (χ3v) is 2.59. The minimum Gasteiger partial charge on any atom is -0.396 e. The monoisotopic (exact) mass is 267 g/mol. The number of nitrogens with two attached hydrogens (primary N) is 2. The quantitative estimate of drug-likeness (QED) is 0.174. The number of carbonyl (C=O) groups is 1. The van der Waals surface area contributed by atoms with Crippen molar-refractivity contribution in [2.75, 3.05) is 26.8 Å². The number of carbonyl (C=O) groups excluding carboxylic acids is 1. The minimum absolute atomic E-state index is 0.567. The first-order valence-electron chi connectivity index (χ1n) is 5.22. The van der Waals surface area contributed by atoms with Crippen LogP contribution in [0.2, 0.25) is 0 Å². The molecule has 0 fully saturated rings. The zero-order valence-electron chi connectivity index (χ0n) is 9.83. The van der Waals surface area contributed by atoms with Crippen molar-refractivity contribution in [1.82, 2.24) is 16.0 Å². The Morgan fingerprint density at radius 2 is 1.44 bits per heavy atom. The lowest BCUT2D eigenvalue weighted by molar-refractivity contribution is -0.123. The second kappa shape index (κ2) is 8.29. The first-order valence-corrected chi connectivity index (χ1v) is 5.22. The molecule has 0 bridgehead atoms. The Morgan fingerprint density at radius 1 is 1.06 bits per heavy atom. The van der Waals surface area contributed by atoms with Gasteiger partial charge in [0.2, 0.25) is 5.91 Å². The van der Waals surface area contributed by atoms with Crippen LogP contribution in [0.1, 0.15) is 0 Å². The SMILES string of the molecule is NC(=O)C(N)C(CO)C(NCO)(NCO)NCO. The lowest BCUT2D eigenvalue weighted by atomic mass is 9.92. The van der Waals surface area contributed by atoms with Gasteiger partial charge in [0.1, 0.15) is 5.79 Å². The fraction of sp³-hybridized carbons (Fsp3) is 0.875. The third kappa shape index (κ3) is 4.12. The standard InChI is InChI=1S/C8H21N5O5/c9-6(7(10)18)5(1-14)8(11-2-15,12-3-16)13-4-17/h5-6,11-17H,1-4,9H2,(H2,10,18). The summed E-state index contributed by atoms with van der Waals surface area (Å²) in [6.07, 6.45) is 0. The van der Waals surface area contributed by atoms with E-state index < -0.39 is 50.5 Å². The molecule has 0 aromatic heterocycles. The molecule has 0 aliphatic carbocycles. The van der Waals surface area contributed by atoms with Crippen LogP contribution >= 0.6 is 0 Å². The van der Waals surface area contributed by atoms with E-state index in [-0.39, 0.29) is 0 Å². The minimum atomic E-state index is -1.55. The highest BCUT2D eigenvalue weighted by Gasteiger charge is 2.42. The number of hydrogen-bond acceptors (Lipinski definition) is 9. The molecule has 2 unspecified atom stereocenters. The number of aliphatic hydroxyl groups is 4. The lowest BCUT2D eigenvalue weighted by Gasteiger charge is -2.42. The number of amides is 1. The maximum Gasteiger partial charge on any atom is 0.234 e. The van der Waals surface area contributed by atoms with Gasteiger partial charge in [-0.25, -0.2) is 0 Å². The van der Waals surface area contributed by atoms with Crippen LogP contribution < -0.4 is 27.4 Å². The highest BCUT2D eigenvalue weighted by Crippen LogP contribution is 2.14. The zero-order chi connectivity index (χ0) is 14.2. The van der Waals surface area contributed by atoms with E-state index in [1.807, 2.05) is 0 Å². The highest BCUT2D eigenvalue weighted by molar-refractivity contribution is 5.80. The molecule has 2 atom stereocenters. The fourth-order valence-electron chi connectivity index (χ4n) is 1.67. The van der Waals surface area contributed by atoms with Gasteiger partial charge in [0.25, 0.3) is 0 Å². The smallest absolute Gasteiger partial charge is 0.234 e. The number of hydrogen-bond donors (Lipinski definition) is 9. The average Bonchev–Trinajstić information content (AvgIpc) is 2.30. The largest absolute Gasteiger partial charge is 0.396 e. The fourth-order valence-corrected chi connectivity index (χ4v) is 1.67. The van der Waals surface area contributed by atoms with Crippen LogP contribution in [-0.4, -0.2) is 65.0 Å². The normalized spacial score (nSPS) is 15.4. The second-order valence-electron chi connectivity index (χ2n) is 3.53. The van der Waals surface area contributed by atoms with Crippen LogP contribution in [0.4, 0.5) is 0 Å². The van der Waals surface area contributed by atoms with Crippen molar-refractivity contribution in [1.29, 1.82) is 0 Å². The Hall–Kier alpha value is -0.850. The Balaban J connectivity index is 5.24. The van der Waals surface area contributed by atoms with Crippen LogP contribution in [0.3, 0.4) is 0 Å². The second-order valence-corrected chi connectivity index (χ2v) is 3.53. The van der Waals surface area contributed by atoms with Crippen molar-refractivity contribution in [3.05, 3.63) is 0 Å². The van der Waals surface area contributed by atoms with Gasteiger partial charge in [0.05, 0.1) is 38.8 Å². The van der Waals surface area contributed by atoms with Gasteiger partial charge >= 0.3 is 0 Å². The van der Waals surface area contributed by atoms with Gasteiger partial charge in [-0.3, -0.25) is 20.7 Å². The lowest BCUT2D eigenvalue weighted by Crippen LogP contribution is -2.75. The van der Waals surface area contributed by atoms with Crippen molar-refractivity contribution in [2.24, 2.45) is 17.4 Å². The number of aliphatic hydroxyl groups excluding tert-OH is 4. The molecule has 0 rings (SSSR count). The van der Waals surface area contributed by atoms with Crippen molar-refractivity contribution < 1.29 is 25.2 Å². The van der Waals surface area contributed by atoms with E-state index in [4.69, 9.17) is 26.8 Å². The Kier molecular flexibility index (Phi) is 7.90. The summed E-state index contributed by atoms with van der Waals surface area (Å²) < 4.78 is 0. The molecule has 0 radical (unpaired) electrons. The van der Waals surface area contributed by atoms with E-state index in [0.717, 1.165) is 0 Å². The summed E-state index contributed by atoms with van der Waals surface area (Å²) in [5, 5.41) is 43.4. The summed E-state index contributed by atoms with van der Waals surface area (Å²) in [6, 6.07) is -1.27. The molecular weight excluding hydrogens is 246 g/mol. The molecule has 0 saturated carbocycles. The summed E-state index contributed by atoms with van der Waals surface area (Å²) in [7, 11) is 0. The first-order chi connectivity index (χ1) is 8.48. The maximum absolute atomic E-state index is 11.1. The van der Waals surface area contributed by atoms with E-state index >= 15 is 0 Å². The molecule has 0 aromatic carbocycles. The van der Waals surface area contributed by atoms with Crippen molar-refractivity contribution >= 4 is 5.91 Å². The third-order valence-electron chi connectivity index (χ3n) is 2.59. The molecule has 0 saturated heterocycles. The topological polar surface area (TPSA) is 186 Å². The molecule has 0 spiro atoms. The summed E-state index contributed by atoms with van der Waals surface area (Å²) in [5.41, 5.74) is 10.6. The molecule has 108 valence electrons. The van der Waals surface area contributed by atoms with E-state index in [1.54, 1.807) is 0 Å². The van der Waals surface area contributed by atoms with Crippen LogP contribution in [0.25, 0.3) is 0 Å². The maximum atomic E-state index is 11.1. The molecule has 10 nitrogen and oxygen atoms in total. The van der Waals surface area contributed by atoms with Gasteiger partial charge in [-0.15, -0.1) is 0 Å². The molecule has 18 heavy (non-hydrogen) atoms. The van der Waals surface area contributed by atoms with E-state index in [2.05, 4.69) is 16.0 Å². The predicted octanol–water partition coefficient (Wildman–Crippen LogP) is -5.32. The van der Waals surface area contributed by atoms with E-state index in [0.29, 0.717) is 0 Å². The molecule has 11 N–H and O–H groups in total. The molecule has 10 heteroatoms. The molecule has 0 aliphatic heterocycles. The van der Waals surface area contributed by atoms with Gasteiger partial charge in [0, 0.05) is 0 Å². The van der Waals surface area contributed by atoms with Crippen LogP contribution in [0, 0.1) is 5.92 Å². The molecule has 0 aliphatic rings. The summed E-state index contributed by atoms with van der Waals surface area (Å²) >= 11 is 0. The summed E-state index contributed by atoms with van der Waals surface area (Å²) in [5.74, 6) is -3.47. The van der Waals surface area contributed by atoms with Gasteiger partial charge < -0.3 is 31.9 Å². The molecular formula is C8H21N5O5. The number of primary amides is 1. The Morgan fingerprint density at radius 3 is 1.67 bits per heavy atom. The molecule has 0 aromatic rings. The van der Waals surface area contributed by atoms with Crippen molar-refractivity contribution in [2.45, 2.75) is 11.8 Å². The first kappa shape index (κ1) is 17.2. The van der Waals surface area contributed by atoms with Gasteiger partial charge in [-0.05, 0) is 0 Å². The van der Waals surface area contributed by atoms with Crippen LogP contribution in [0.15, 0.2) is 0 Å². The van der Waals surface area contributed by atoms with Crippen LogP contribution in [0.5, 0.6) is 0 Å². The summed E-state index contributed by atoms with van der Waals surface area (Å²) in [6.45, 7) is -2.29. The Labute approximate surface area is 104 Å².